The number of hydrogen-bond acceptors (Lipinski definition) is 8. The van der Waals surface area contributed by atoms with Gasteiger partial charge >= 0.3 is 5.69 Å². The van der Waals surface area contributed by atoms with E-state index >= 15 is 0 Å². The number of nitrogens with zero attached hydrogens (tertiary/aromatic N) is 3. The maximum atomic E-state index is 12.3. The van der Waals surface area contributed by atoms with Crippen LogP contribution in [0.2, 0.25) is 5.02 Å². The van der Waals surface area contributed by atoms with Gasteiger partial charge in [-0.3, -0.25) is 30.6 Å². The van der Waals surface area contributed by atoms with E-state index < -0.39 is 16.5 Å². The first-order valence-electron chi connectivity index (χ1n) is 8.80. The average Bonchev–Trinajstić information content (AvgIpc) is 2.73. The van der Waals surface area contributed by atoms with Crippen molar-refractivity contribution >= 4 is 52.1 Å². The van der Waals surface area contributed by atoms with E-state index in [1.807, 2.05) is 0 Å². The molecule has 0 aliphatic heterocycles. The molecule has 3 aromatic rings. The van der Waals surface area contributed by atoms with Crippen LogP contribution in [0.3, 0.4) is 0 Å². The van der Waals surface area contributed by atoms with Gasteiger partial charge in [-0.1, -0.05) is 23.7 Å². The lowest BCUT2D eigenvalue weighted by Crippen LogP contribution is -2.30. The Morgan fingerprint density at radius 2 is 1.65 bits per heavy atom. The number of halogens is 1. The molecule has 0 aliphatic carbocycles. The first-order chi connectivity index (χ1) is 14.8. The molecule has 2 amide bonds. The minimum atomic E-state index is -0.683. The minimum absolute atomic E-state index is 0.0956. The highest BCUT2D eigenvalue weighted by Gasteiger charge is 2.24. The minimum Gasteiger partial charge on any atom is -0.334 e. The molecule has 0 spiro atoms. The fourth-order valence-electron chi connectivity index (χ4n) is 2.54. The Morgan fingerprint density at radius 1 is 1.00 bits per heavy atom. The highest BCUT2D eigenvalue weighted by atomic mass is 35.5. The second-order valence-electron chi connectivity index (χ2n) is 6.12. The third-order valence-electron chi connectivity index (χ3n) is 3.89. The van der Waals surface area contributed by atoms with Crippen LogP contribution in [0.25, 0.3) is 0 Å². The van der Waals surface area contributed by atoms with Crippen LogP contribution in [0.5, 0.6) is 0 Å². The molecular weight excluding hydrogens is 426 g/mol. The maximum absolute atomic E-state index is 12.3. The third kappa shape index (κ3) is 5.42. The molecule has 12 heteroatoms. The van der Waals surface area contributed by atoms with Crippen LogP contribution < -0.4 is 21.5 Å². The van der Waals surface area contributed by atoms with Crippen LogP contribution in [0.4, 0.5) is 28.7 Å². The second-order valence-corrected chi connectivity index (χ2v) is 6.53. The van der Waals surface area contributed by atoms with Gasteiger partial charge in [0, 0.05) is 18.3 Å². The van der Waals surface area contributed by atoms with Gasteiger partial charge in [-0.2, -0.15) is 0 Å². The highest BCUT2D eigenvalue weighted by Crippen LogP contribution is 2.31. The Morgan fingerprint density at radius 3 is 2.29 bits per heavy atom. The van der Waals surface area contributed by atoms with Crippen molar-refractivity contribution in [3.8, 4) is 0 Å². The van der Waals surface area contributed by atoms with E-state index in [4.69, 9.17) is 11.6 Å². The lowest BCUT2D eigenvalue weighted by molar-refractivity contribution is -0.383. The lowest BCUT2D eigenvalue weighted by atomic mass is 10.2. The molecule has 3 rings (SSSR count). The average molecular weight is 442 g/mol. The zero-order chi connectivity index (χ0) is 22.4. The molecule has 0 unspecified atom stereocenters. The molecular formula is C19H16ClN7O4. The van der Waals surface area contributed by atoms with Gasteiger partial charge in [-0.05, 0) is 36.4 Å². The van der Waals surface area contributed by atoms with Gasteiger partial charge in [0.05, 0.1) is 15.5 Å². The molecule has 0 fully saturated rings. The molecule has 0 atom stereocenters. The van der Waals surface area contributed by atoms with Gasteiger partial charge in [-0.15, -0.1) is 0 Å². The summed E-state index contributed by atoms with van der Waals surface area (Å²) in [5, 5.41) is 17.3. The van der Waals surface area contributed by atoms with E-state index in [-0.39, 0.29) is 28.1 Å². The monoisotopic (exact) mass is 441 g/mol. The van der Waals surface area contributed by atoms with E-state index in [0.717, 1.165) is 6.33 Å². The summed E-state index contributed by atoms with van der Waals surface area (Å²) in [6, 6.07) is 12.8. The van der Waals surface area contributed by atoms with Gasteiger partial charge in [0.2, 0.25) is 17.5 Å². The van der Waals surface area contributed by atoms with E-state index in [1.165, 1.54) is 13.0 Å². The van der Waals surface area contributed by atoms with E-state index in [9.17, 15) is 19.7 Å². The molecule has 4 N–H and O–H groups in total. The number of carbonyl (C=O) groups excluding carboxylic acids is 2. The third-order valence-corrected chi connectivity index (χ3v) is 4.22. The molecule has 2 aromatic carbocycles. The Hall–Kier alpha value is -4.25. The summed E-state index contributed by atoms with van der Waals surface area (Å²) in [5.41, 5.74) is 5.54. The van der Waals surface area contributed by atoms with Crippen LogP contribution in [0.15, 0.2) is 54.9 Å². The summed E-state index contributed by atoms with van der Waals surface area (Å²) in [4.78, 5) is 42.1. The van der Waals surface area contributed by atoms with Crippen LogP contribution >= 0.6 is 11.6 Å². The van der Waals surface area contributed by atoms with Crippen molar-refractivity contribution in [2.24, 2.45) is 0 Å². The predicted octanol–water partition coefficient (Wildman–Crippen LogP) is 3.50. The maximum Gasteiger partial charge on any atom is 0.355 e. The summed E-state index contributed by atoms with van der Waals surface area (Å²) < 4.78 is 0. The number of aromatic nitrogens is 2. The molecule has 0 saturated carbocycles. The fourth-order valence-corrected chi connectivity index (χ4v) is 2.76. The highest BCUT2D eigenvalue weighted by molar-refractivity contribution is 6.33. The van der Waals surface area contributed by atoms with Crippen LogP contribution in [-0.2, 0) is 4.79 Å². The summed E-state index contributed by atoms with van der Waals surface area (Å²) in [6.07, 6.45) is 1.10. The van der Waals surface area contributed by atoms with Crippen LogP contribution in [0, 0.1) is 10.1 Å². The van der Waals surface area contributed by atoms with Gasteiger partial charge in [0.25, 0.3) is 5.91 Å². The van der Waals surface area contributed by atoms with E-state index in [1.54, 1.807) is 42.5 Å². The number of benzene rings is 2. The standard InChI is InChI=1S/C19H16ClN7O4/c1-11(28)23-12-6-8-13(9-7-12)24-17-16(27(30)31)18(22-10-21-17)25-26-19(29)14-4-2-3-5-15(14)20/h2-10H,1H3,(H,23,28)(H,26,29)(H2,21,22,24,25). The second kappa shape index (κ2) is 9.50. The van der Waals surface area contributed by atoms with Crippen LogP contribution in [0.1, 0.15) is 17.3 Å². The SMILES string of the molecule is CC(=O)Nc1ccc(Nc2ncnc(NNC(=O)c3ccccc3Cl)c2[N+](=O)[O-])cc1. The lowest BCUT2D eigenvalue weighted by Gasteiger charge is -2.11. The Bertz CT molecular complexity index is 1140. The van der Waals surface area contributed by atoms with Crippen molar-refractivity contribution in [2.75, 3.05) is 16.1 Å². The van der Waals surface area contributed by atoms with Crippen molar-refractivity contribution in [1.82, 2.24) is 15.4 Å². The van der Waals surface area contributed by atoms with Gasteiger partial charge < -0.3 is 10.6 Å². The Labute approximate surface area is 181 Å². The number of hydrazine groups is 1. The number of hydrogen-bond donors (Lipinski definition) is 4. The molecule has 0 bridgehead atoms. The molecule has 0 radical (unpaired) electrons. The number of nitro groups is 1. The largest absolute Gasteiger partial charge is 0.355 e. The molecule has 0 aliphatic rings. The molecule has 1 aromatic heterocycles. The fraction of sp³-hybridized carbons (Fsp3) is 0.0526. The van der Waals surface area contributed by atoms with Gasteiger partial charge in [0.15, 0.2) is 0 Å². The number of carbonyl (C=O) groups is 2. The normalized spacial score (nSPS) is 10.1. The Balaban J connectivity index is 1.79. The predicted molar refractivity (Wildman–Crippen MR) is 115 cm³/mol. The zero-order valence-electron chi connectivity index (χ0n) is 16.0. The number of anilines is 4. The van der Waals surface area contributed by atoms with Gasteiger partial charge in [0.1, 0.15) is 6.33 Å². The van der Waals surface area contributed by atoms with Crippen LogP contribution in [-0.4, -0.2) is 26.7 Å². The first kappa shape index (κ1) is 21.5. The molecule has 1 heterocycles. The van der Waals surface area contributed by atoms with Crippen molar-refractivity contribution < 1.29 is 14.5 Å². The summed E-state index contributed by atoms with van der Waals surface area (Å²) >= 11 is 5.98. The zero-order valence-corrected chi connectivity index (χ0v) is 16.8. The smallest absolute Gasteiger partial charge is 0.334 e. The number of rotatable bonds is 7. The summed E-state index contributed by atoms with van der Waals surface area (Å²) in [5.74, 6) is -1.14. The van der Waals surface area contributed by atoms with Crippen molar-refractivity contribution in [1.29, 1.82) is 0 Å². The topological polar surface area (TPSA) is 151 Å². The molecule has 31 heavy (non-hydrogen) atoms. The number of nitrogens with one attached hydrogen (secondary N) is 4. The van der Waals surface area contributed by atoms with Gasteiger partial charge in [-0.25, -0.2) is 9.97 Å². The molecule has 11 nitrogen and oxygen atoms in total. The van der Waals surface area contributed by atoms with E-state index in [2.05, 4.69) is 31.5 Å². The number of amides is 2. The molecule has 0 saturated heterocycles. The first-order valence-corrected chi connectivity index (χ1v) is 9.18. The van der Waals surface area contributed by atoms with Crippen molar-refractivity contribution in [3.05, 3.63) is 75.6 Å². The van der Waals surface area contributed by atoms with Crippen molar-refractivity contribution in [2.45, 2.75) is 6.92 Å². The quantitative estimate of drug-likeness (QED) is 0.321. The van der Waals surface area contributed by atoms with Crippen molar-refractivity contribution in [3.63, 3.8) is 0 Å². The van der Waals surface area contributed by atoms with E-state index in [0.29, 0.717) is 11.4 Å². The summed E-state index contributed by atoms with van der Waals surface area (Å²) in [6.45, 7) is 1.38. The summed E-state index contributed by atoms with van der Waals surface area (Å²) in [7, 11) is 0. The molecule has 158 valence electrons. The Kier molecular flexibility index (Phi) is 6.58.